The first-order valence-corrected chi connectivity index (χ1v) is 16.1. The van der Waals surface area contributed by atoms with Crippen molar-refractivity contribution in [2.75, 3.05) is 6.61 Å². The highest BCUT2D eigenvalue weighted by Gasteiger charge is 2.17. The van der Waals surface area contributed by atoms with Gasteiger partial charge in [-0.3, -0.25) is 0 Å². The molecule has 34 heavy (non-hydrogen) atoms. The lowest BCUT2D eigenvalue weighted by Gasteiger charge is -2.19. The number of pyridine rings is 1. The van der Waals surface area contributed by atoms with E-state index in [2.05, 4.69) is 52.5 Å². The molecule has 7 nitrogen and oxygen atoms in total. The highest BCUT2D eigenvalue weighted by atomic mass is 127. The van der Waals surface area contributed by atoms with E-state index in [0.717, 1.165) is 38.6 Å². The zero-order valence-corrected chi connectivity index (χ0v) is 23.9. The second kappa shape index (κ2) is 11.1. The maximum atomic E-state index is 11.9. The Bertz CT molecular complexity index is 1120. The Morgan fingerprint density at radius 1 is 1.15 bits per heavy atom. The number of alkyl carbamates (subject to hydrolysis) is 1. The number of nitrogens with zero attached hydrogens (tertiary/aromatic N) is 2. The summed E-state index contributed by atoms with van der Waals surface area (Å²) >= 11 is 2.31. The molecule has 0 unspecified atom stereocenters. The van der Waals surface area contributed by atoms with Crippen molar-refractivity contribution in [2.24, 2.45) is 0 Å². The molecule has 0 atom stereocenters. The normalized spacial score (nSPS) is 12.1. The molecule has 0 aliphatic rings. The van der Waals surface area contributed by atoms with Crippen LogP contribution in [-0.4, -0.2) is 35.9 Å². The van der Waals surface area contributed by atoms with Crippen LogP contribution < -0.4 is 10.1 Å². The lowest BCUT2D eigenvalue weighted by molar-refractivity contribution is 0.0523. The van der Waals surface area contributed by atoms with Crippen LogP contribution in [0.25, 0.3) is 11.0 Å². The van der Waals surface area contributed by atoms with Crippen molar-refractivity contribution in [3.63, 3.8) is 0 Å². The molecule has 3 rings (SSSR count). The summed E-state index contributed by atoms with van der Waals surface area (Å²) in [4.78, 5) is 16.4. The summed E-state index contributed by atoms with van der Waals surface area (Å²) in [6.07, 6.45) is 3.37. The summed E-state index contributed by atoms with van der Waals surface area (Å²) in [5.74, 6) is 1.46. The van der Waals surface area contributed by atoms with Gasteiger partial charge in [-0.1, -0.05) is 31.8 Å². The van der Waals surface area contributed by atoms with Gasteiger partial charge in [-0.15, -0.1) is 0 Å². The average Bonchev–Trinajstić information content (AvgIpc) is 3.05. The van der Waals surface area contributed by atoms with Crippen LogP contribution in [0.3, 0.4) is 0 Å². The predicted molar refractivity (Wildman–Crippen MR) is 146 cm³/mol. The van der Waals surface area contributed by atoms with E-state index in [9.17, 15) is 4.79 Å². The summed E-state index contributed by atoms with van der Waals surface area (Å²) in [6, 6.07) is 10.6. The summed E-state index contributed by atoms with van der Waals surface area (Å²) in [5.41, 5.74) is 1.27. The molecule has 184 valence electrons. The molecule has 0 bridgehead atoms. The molecule has 0 aliphatic carbocycles. The summed E-state index contributed by atoms with van der Waals surface area (Å²) in [5, 5.41) is 3.73. The van der Waals surface area contributed by atoms with Gasteiger partial charge in [-0.05, 0) is 73.2 Å². The van der Waals surface area contributed by atoms with Gasteiger partial charge in [0.2, 0.25) is 0 Å². The molecular weight excluding hydrogens is 561 g/mol. The number of aromatic nitrogens is 2. The van der Waals surface area contributed by atoms with Gasteiger partial charge in [0.25, 0.3) is 0 Å². The molecule has 2 heterocycles. The summed E-state index contributed by atoms with van der Waals surface area (Å²) < 4.78 is 20.5. The third kappa shape index (κ3) is 7.98. The van der Waals surface area contributed by atoms with Crippen molar-refractivity contribution in [1.82, 2.24) is 14.9 Å². The number of halogens is 1. The second-order valence-electron chi connectivity index (χ2n) is 10.4. The number of hydrogen-bond donors (Lipinski definition) is 1. The van der Waals surface area contributed by atoms with Crippen molar-refractivity contribution >= 4 is 47.8 Å². The van der Waals surface area contributed by atoms with E-state index in [1.165, 1.54) is 0 Å². The molecular formula is C25H34IN3O4Si. The van der Waals surface area contributed by atoms with Crippen molar-refractivity contribution in [3.8, 4) is 11.5 Å². The van der Waals surface area contributed by atoms with E-state index in [1.54, 1.807) is 6.20 Å². The smallest absolute Gasteiger partial charge is 0.407 e. The first kappa shape index (κ1) is 26.5. The quantitative estimate of drug-likeness (QED) is 0.168. The van der Waals surface area contributed by atoms with Gasteiger partial charge in [-0.2, -0.15) is 0 Å². The van der Waals surface area contributed by atoms with Gasteiger partial charge >= 0.3 is 6.09 Å². The maximum Gasteiger partial charge on any atom is 0.407 e. The summed E-state index contributed by atoms with van der Waals surface area (Å²) in [6.45, 7) is 14.2. The first-order chi connectivity index (χ1) is 15.9. The van der Waals surface area contributed by atoms with Crippen LogP contribution in [0.5, 0.6) is 11.5 Å². The van der Waals surface area contributed by atoms with E-state index in [4.69, 9.17) is 14.2 Å². The van der Waals surface area contributed by atoms with Crippen molar-refractivity contribution in [3.05, 3.63) is 51.9 Å². The number of ether oxygens (including phenoxy) is 3. The minimum Gasteiger partial charge on any atom is -0.457 e. The summed E-state index contributed by atoms with van der Waals surface area (Å²) in [7, 11) is -1.12. The topological polar surface area (TPSA) is 74.6 Å². The van der Waals surface area contributed by atoms with E-state index >= 15 is 0 Å². The molecule has 1 amide bonds. The lowest BCUT2D eigenvalue weighted by atomic mass is 10.2. The number of nitrogens with one attached hydrogen (secondary N) is 1. The maximum absolute atomic E-state index is 11.9. The molecule has 3 aromatic rings. The van der Waals surface area contributed by atoms with E-state index in [-0.39, 0.29) is 0 Å². The molecule has 9 heteroatoms. The van der Waals surface area contributed by atoms with Crippen LogP contribution >= 0.6 is 22.6 Å². The van der Waals surface area contributed by atoms with Crippen LogP contribution in [0.15, 0.2) is 42.7 Å². The molecule has 0 aliphatic heterocycles. The highest BCUT2D eigenvalue weighted by molar-refractivity contribution is 14.1. The number of rotatable bonds is 9. The van der Waals surface area contributed by atoms with Crippen molar-refractivity contribution < 1.29 is 19.0 Å². The Morgan fingerprint density at radius 3 is 2.50 bits per heavy atom. The van der Waals surface area contributed by atoms with Crippen LogP contribution in [0, 0.1) is 3.57 Å². The second-order valence-corrected chi connectivity index (χ2v) is 17.2. The Hall–Kier alpha value is -2.11. The Kier molecular flexibility index (Phi) is 8.64. The number of carbonyl (C=O) groups is 1. The average molecular weight is 596 g/mol. The van der Waals surface area contributed by atoms with Gasteiger partial charge in [0.1, 0.15) is 29.5 Å². The predicted octanol–water partition coefficient (Wildman–Crippen LogP) is 6.77. The zero-order valence-electron chi connectivity index (χ0n) is 20.8. The number of amides is 1. The lowest BCUT2D eigenvalue weighted by Crippen LogP contribution is -2.32. The first-order valence-electron chi connectivity index (χ1n) is 11.4. The van der Waals surface area contributed by atoms with Gasteiger partial charge in [-0.25, -0.2) is 9.78 Å². The minimum absolute atomic E-state index is 0.382. The van der Waals surface area contributed by atoms with Gasteiger partial charge in [0, 0.05) is 37.2 Å². The fraction of sp³-hybridized carbons (Fsp3) is 0.440. The fourth-order valence-electron chi connectivity index (χ4n) is 3.15. The van der Waals surface area contributed by atoms with Gasteiger partial charge < -0.3 is 24.1 Å². The van der Waals surface area contributed by atoms with Crippen LogP contribution in [-0.2, 0) is 22.7 Å². The number of benzene rings is 1. The van der Waals surface area contributed by atoms with Crippen LogP contribution in [0.1, 0.15) is 26.3 Å². The van der Waals surface area contributed by atoms with Crippen molar-refractivity contribution in [2.45, 2.75) is 65.3 Å². The third-order valence-corrected chi connectivity index (χ3v) is 7.41. The molecule has 0 saturated carbocycles. The standard InChI is InChI=1S/C25H34IN3O4Si/c1-25(2,3)33-24(30)28-15-18-7-9-19(10-8-18)32-21-11-12-27-23-22(21)20(26)16-29(23)17-31-13-14-34(4,5)6/h7-12,16H,13-15,17H2,1-6H3,(H,28,30). The minimum atomic E-state index is -1.12. The van der Waals surface area contributed by atoms with Crippen LogP contribution in [0.2, 0.25) is 25.7 Å². The van der Waals surface area contributed by atoms with E-state index in [1.807, 2.05) is 61.9 Å². The number of carbonyl (C=O) groups excluding carboxylic acids is 1. The SMILES string of the molecule is CC(C)(C)OC(=O)NCc1ccc(Oc2ccnc3c2c(I)cn3COCC[Si](C)(C)C)cc1. The van der Waals surface area contributed by atoms with E-state index in [0.29, 0.717) is 19.0 Å². The molecule has 0 spiro atoms. The van der Waals surface area contributed by atoms with E-state index < -0.39 is 19.8 Å². The molecule has 0 radical (unpaired) electrons. The highest BCUT2D eigenvalue weighted by Crippen LogP contribution is 2.33. The molecule has 2 aromatic heterocycles. The molecule has 0 fully saturated rings. The van der Waals surface area contributed by atoms with Gasteiger partial charge in [0.05, 0.1) is 5.39 Å². The Morgan fingerprint density at radius 2 is 1.85 bits per heavy atom. The largest absolute Gasteiger partial charge is 0.457 e. The van der Waals surface area contributed by atoms with Gasteiger partial charge in [0.15, 0.2) is 0 Å². The molecule has 1 N–H and O–H groups in total. The molecule has 1 aromatic carbocycles. The third-order valence-electron chi connectivity index (χ3n) is 4.89. The number of fused-ring (bicyclic) bond motifs is 1. The number of hydrogen-bond acceptors (Lipinski definition) is 5. The van der Waals surface area contributed by atoms with Crippen molar-refractivity contribution in [1.29, 1.82) is 0 Å². The Labute approximate surface area is 216 Å². The van der Waals surface area contributed by atoms with Crippen LogP contribution in [0.4, 0.5) is 4.79 Å². The Balaban J connectivity index is 1.64. The zero-order chi connectivity index (χ0) is 24.9. The fourth-order valence-corrected chi connectivity index (χ4v) is 4.75. The monoisotopic (exact) mass is 595 g/mol. The molecule has 0 saturated heterocycles.